The van der Waals surface area contributed by atoms with Crippen molar-refractivity contribution in [3.8, 4) is 0 Å². The van der Waals surface area contributed by atoms with E-state index >= 15 is 0 Å². The van der Waals surface area contributed by atoms with Crippen LogP contribution in [0.3, 0.4) is 0 Å². The Morgan fingerprint density at radius 2 is 2.00 bits per heavy atom. The van der Waals surface area contributed by atoms with E-state index in [-0.39, 0.29) is 5.60 Å². The summed E-state index contributed by atoms with van der Waals surface area (Å²) < 4.78 is 11.7. The maximum absolute atomic E-state index is 6.18. The van der Waals surface area contributed by atoms with E-state index in [9.17, 15) is 0 Å². The minimum atomic E-state index is 0.0259. The van der Waals surface area contributed by atoms with Crippen molar-refractivity contribution in [1.29, 1.82) is 0 Å². The summed E-state index contributed by atoms with van der Waals surface area (Å²) in [6, 6.07) is 8.69. The fourth-order valence-corrected chi connectivity index (χ4v) is 3.73. The maximum Gasteiger partial charge on any atom is 0.0745 e. The number of nitrogen functional groups attached to an aromatic ring is 1. The van der Waals surface area contributed by atoms with Crippen molar-refractivity contribution in [2.24, 2.45) is 0 Å². The second-order valence-electron chi connectivity index (χ2n) is 6.14. The van der Waals surface area contributed by atoms with Gasteiger partial charge in [0.2, 0.25) is 0 Å². The van der Waals surface area contributed by atoms with Crippen molar-refractivity contribution in [3.05, 3.63) is 24.3 Å². The Labute approximate surface area is 127 Å². The fraction of sp³-hybridized carbons (Fsp3) is 0.647. The Bertz CT molecular complexity index is 466. The summed E-state index contributed by atoms with van der Waals surface area (Å²) in [6.45, 7) is 5.68. The quantitative estimate of drug-likeness (QED) is 0.870. The van der Waals surface area contributed by atoms with Gasteiger partial charge in [0.1, 0.15) is 0 Å². The number of nitrogens with zero attached hydrogens (tertiary/aromatic N) is 1. The van der Waals surface area contributed by atoms with Gasteiger partial charge < -0.3 is 20.1 Å². The van der Waals surface area contributed by atoms with Crippen LogP contribution in [0.1, 0.15) is 32.6 Å². The largest absolute Gasteiger partial charge is 0.397 e. The summed E-state index contributed by atoms with van der Waals surface area (Å²) in [7, 11) is 0. The highest BCUT2D eigenvalue weighted by Gasteiger charge is 2.40. The highest BCUT2D eigenvalue weighted by atomic mass is 16.5. The Morgan fingerprint density at radius 1 is 1.24 bits per heavy atom. The Kier molecular flexibility index (Phi) is 4.36. The normalized spacial score (nSPS) is 24.9. The van der Waals surface area contributed by atoms with Crippen LogP contribution in [-0.2, 0) is 9.47 Å². The summed E-state index contributed by atoms with van der Waals surface area (Å²) in [5.74, 6) is 0. The van der Waals surface area contributed by atoms with E-state index in [2.05, 4.69) is 24.0 Å². The smallest absolute Gasteiger partial charge is 0.0745 e. The third-order valence-corrected chi connectivity index (χ3v) is 4.90. The van der Waals surface area contributed by atoms with Gasteiger partial charge in [-0.2, -0.15) is 0 Å². The van der Waals surface area contributed by atoms with Gasteiger partial charge in [0.05, 0.1) is 17.0 Å². The molecule has 0 radical (unpaired) electrons. The number of ether oxygens (including phenoxy) is 2. The lowest BCUT2D eigenvalue weighted by atomic mass is 9.83. The van der Waals surface area contributed by atoms with E-state index in [4.69, 9.17) is 15.2 Å². The zero-order valence-corrected chi connectivity index (χ0v) is 12.9. The lowest BCUT2D eigenvalue weighted by Gasteiger charge is -2.47. The molecule has 0 bridgehead atoms. The molecule has 1 unspecified atom stereocenters. The van der Waals surface area contributed by atoms with Gasteiger partial charge in [-0.25, -0.2) is 0 Å². The monoisotopic (exact) mass is 290 g/mol. The maximum atomic E-state index is 6.18. The van der Waals surface area contributed by atoms with E-state index in [0.29, 0.717) is 6.04 Å². The average Bonchev–Trinajstić information content (AvgIpc) is 2.51. The molecular formula is C17H26N2O2. The number of rotatable bonds is 3. The van der Waals surface area contributed by atoms with Gasteiger partial charge in [-0.3, -0.25) is 0 Å². The molecule has 2 fully saturated rings. The first kappa shape index (κ1) is 14.7. The second kappa shape index (κ2) is 6.24. The minimum Gasteiger partial charge on any atom is -0.397 e. The van der Waals surface area contributed by atoms with E-state index in [0.717, 1.165) is 63.4 Å². The standard InChI is InChI=1S/C17H26N2O2/c1-2-19(16-6-4-3-5-15(16)18)14-7-10-21-17(13-14)8-11-20-12-9-17/h3-6,14H,2,7-13,18H2,1H3. The number of benzene rings is 1. The van der Waals surface area contributed by atoms with Crippen molar-refractivity contribution in [3.63, 3.8) is 0 Å². The van der Waals surface area contributed by atoms with Crippen LogP contribution in [0, 0.1) is 0 Å². The molecule has 116 valence electrons. The highest BCUT2D eigenvalue weighted by molar-refractivity contribution is 5.67. The molecule has 2 aliphatic rings. The van der Waals surface area contributed by atoms with Crippen LogP contribution in [0.25, 0.3) is 0 Å². The van der Waals surface area contributed by atoms with E-state index < -0.39 is 0 Å². The van der Waals surface area contributed by atoms with Crippen molar-refractivity contribution < 1.29 is 9.47 Å². The molecule has 0 aromatic heterocycles. The third-order valence-electron chi connectivity index (χ3n) is 4.90. The average molecular weight is 290 g/mol. The lowest BCUT2D eigenvalue weighted by molar-refractivity contribution is -0.137. The van der Waals surface area contributed by atoms with Crippen molar-refractivity contribution in [1.82, 2.24) is 0 Å². The van der Waals surface area contributed by atoms with Gasteiger partial charge >= 0.3 is 0 Å². The number of hydrogen-bond acceptors (Lipinski definition) is 4. The van der Waals surface area contributed by atoms with Gasteiger partial charge in [0, 0.05) is 32.4 Å². The van der Waals surface area contributed by atoms with Gasteiger partial charge in [-0.1, -0.05) is 12.1 Å². The first-order valence-electron chi connectivity index (χ1n) is 8.07. The minimum absolute atomic E-state index is 0.0259. The van der Waals surface area contributed by atoms with Crippen LogP contribution < -0.4 is 10.6 Å². The summed E-state index contributed by atoms with van der Waals surface area (Å²) in [5.41, 5.74) is 8.24. The molecule has 1 spiro atoms. The van der Waals surface area contributed by atoms with Crippen LogP contribution in [-0.4, -0.2) is 38.0 Å². The van der Waals surface area contributed by atoms with Gasteiger partial charge in [-0.05, 0) is 44.7 Å². The van der Waals surface area contributed by atoms with Crippen LogP contribution in [0.4, 0.5) is 11.4 Å². The van der Waals surface area contributed by atoms with Crippen LogP contribution in [0.2, 0.25) is 0 Å². The van der Waals surface area contributed by atoms with Crippen LogP contribution in [0.15, 0.2) is 24.3 Å². The highest BCUT2D eigenvalue weighted by Crippen LogP contribution is 2.38. The Hall–Kier alpha value is -1.26. The van der Waals surface area contributed by atoms with Gasteiger partial charge in [0.25, 0.3) is 0 Å². The molecule has 3 rings (SSSR count). The molecule has 2 N–H and O–H groups in total. The number of para-hydroxylation sites is 2. The topological polar surface area (TPSA) is 47.7 Å². The van der Waals surface area contributed by atoms with Gasteiger partial charge in [0.15, 0.2) is 0 Å². The molecule has 1 aromatic carbocycles. The van der Waals surface area contributed by atoms with Gasteiger partial charge in [-0.15, -0.1) is 0 Å². The summed E-state index contributed by atoms with van der Waals surface area (Å²) in [5, 5.41) is 0. The molecule has 0 saturated carbocycles. The molecule has 1 aromatic rings. The summed E-state index contributed by atoms with van der Waals surface area (Å²) in [6.07, 6.45) is 4.19. The van der Waals surface area contributed by atoms with Crippen molar-refractivity contribution in [2.75, 3.05) is 37.0 Å². The summed E-state index contributed by atoms with van der Waals surface area (Å²) >= 11 is 0. The zero-order valence-electron chi connectivity index (χ0n) is 12.9. The van der Waals surface area contributed by atoms with E-state index in [1.54, 1.807) is 0 Å². The van der Waals surface area contributed by atoms with E-state index in [1.807, 2.05) is 12.1 Å². The molecule has 2 heterocycles. The number of hydrogen-bond donors (Lipinski definition) is 1. The lowest BCUT2D eigenvalue weighted by Crippen LogP contribution is -2.51. The number of nitrogens with two attached hydrogens (primary N) is 1. The molecule has 0 amide bonds. The summed E-state index contributed by atoms with van der Waals surface area (Å²) in [4.78, 5) is 2.45. The SMILES string of the molecule is CCN(c1ccccc1N)C1CCOC2(CCOCC2)C1. The second-order valence-corrected chi connectivity index (χ2v) is 6.14. The Balaban J connectivity index is 1.79. The van der Waals surface area contributed by atoms with Crippen molar-refractivity contribution >= 4 is 11.4 Å². The van der Waals surface area contributed by atoms with Crippen molar-refractivity contribution in [2.45, 2.75) is 44.2 Å². The fourth-order valence-electron chi connectivity index (χ4n) is 3.73. The van der Waals surface area contributed by atoms with E-state index in [1.165, 1.54) is 0 Å². The molecule has 2 saturated heterocycles. The molecular weight excluding hydrogens is 264 g/mol. The molecule has 21 heavy (non-hydrogen) atoms. The predicted octanol–water partition coefficient (Wildman–Crippen LogP) is 2.82. The molecule has 1 atom stereocenters. The first-order chi connectivity index (χ1) is 10.2. The number of anilines is 2. The van der Waals surface area contributed by atoms with Crippen LogP contribution >= 0.6 is 0 Å². The molecule has 4 nitrogen and oxygen atoms in total. The zero-order chi connectivity index (χ0) is 14.7. The first-order valence-corrected chi connectivity index (χ1v) is 8.07. The molecule has 4 heteroatoms. The molecule has 2 aliphatic heterocycles. The van der Waals surface area contributed by atoms with Crippen LogP contribution in [0.5, 0.6) is 0 Å². The molecule has 0 aliphatic carbocycles. The Morgan fingerprint density at radius 3 is 2.71 bits per heavy atom. The third kappa shape index (κ3) is 3.01. The predicted molar refractivity (Wildman–Crippen MR) is 85.6 cm³/mol.